The van der Waals surface area contributed by atoms with Crippen LogP contribution in [0.4, 0.5) is 0 Å². The molecule has 62 valence electrons. The van der Waals surface area contributed by atoms with Gasteiger partial charge in [-0.2, -0.15) is 0 Å². The summed E-state index contributed by atoms with van der Waals surface area (Å²) in [5.41, 5.74) is 2.77. The lowest BCUT2D eigenvalue weighted by Crippen LogP contribution is -1.92. The Kier molecular flexibility index (Phi) is 5.01. The van der Waals surface area contributed by atoms with E-state index in [1.807, 2.05) is 0 Å². The molecule has 1 heteroatoms. The van der Waals surface area contributed by atoms with Crippen LogP contribution in [0.25, 0.3) is 0 Å². The van der Waals surface area contributed by atoms with Gasteiger partial charge in [0.1, 0.15) is 7.85 Å². The standard InChI is InChI=1S/C10H19B/c1-8(2)10(4)6-5-9(3)7-11/h5,10H,1,6-7,11H2,2-4H3/b9-5+. The molecule has 0 spiro atoms. The van der Waals surface area contributed by atoms with Gasteiger partial charge in [-0.15, -0.1) is 0 Å². The van der Waals surface area contributed by atoms with Gasteiger partial charge in [-0.05, 0) is 26.2 Å². The van der Waals surface area contributed by atoms with Crippen molar-refractivity contribution in [3.8, 4) is 0 Å². The fourth-order valence-corrected chi connectivity index (χ4v) is 0.723. The highest BCUT2D eigenvalue weighted by molar-refractivity contribution is 6.10. The van der Waals surface area contributed by atoms with Crippen molar-refractivity contribution in [2.45, 2.75) is 33.5 Å². The largest absolute Gasteiger partial charge is 0.106 e. The zero-order chi connectivity index (χ0) is 8.85. The minimum atomic E-state index is 0.636. The van der Waals surface area contributed by atoms with E-state index < -0.39 is 0 Å². The highest BCUT2D eigenvalue weighted by atomic mass is 14.0. The summed E-state index contributed by atoms with van der Waals surface area (Å²) in [5.74, 6) is 0.636. The quantitative estimate of drug-likeness (QED) is 0.426. The first-order valence-electron chi connectivity index (χ1n) is 4.39. The molecule has 0 bridgehead atoms. The molecule has 1 atom stereocenters. The van der Waals surface area contributed by atoms with Gasteiger partial charge in [0.15, 0.2) is 0 Å². The Morgan fingerprint density at radius 3 is 2.45 bits per heavy atom. The van der Waals surface area contributed by atoms with Crippen LogP contribution in [0, 0.1) is 5.92 Å². The summed E-state index contributed by atoms with van der Waals surface area (Å²) in [6.07, 6.45) is 4.64. The summed E-state index contributed by atoms with van der Waals surface area (Å²) in [5, 5.41) is 0. The topological polar surface area (TPSA) is 0 Å². The van der Waals surface area contributed by atoms with Crippen molar-refractivity contribution in [2.75, 3.05) is 0 Å². The van der Waals surface area contributed by atoms with Gasteiger partial charge in [0.05, 0.1) is 0 Å². The van der Waals surface area contributed by atoms with Crippen LogP contribution in [0.3, 0.4) is 0 Å². The Morgan fingerprint density at radius 1 is 1.55 bits per heavy atom. The number of hydrogen-bond acceptors (Lipinski definition) is 0. The first-order chi connectivity index (χ1) is 5.07. The molecule has 0 N–H and O–H groups in total. The monoisotopic (exact) mass is 150 g/mol. The van der Waals surface area contributed by atoms with E-state index in [9.17, 15) is 0 Å². The average molecular weight is 150 g/mol. The van der Waals surface area contributed by atoms with E-state index in [1.165, 1.54) is 17.5 Å². The molecule has 0 amide bonds. The smallest absolute Gasteiger partial charge is 0.0999 e. The molecule has 11 heavy (non-hydrogen) atoms. The van der Waals surface area contributed by atoms with E-state index >= 15 is 0 Å². The van der Waals surface area contributed by atoms with Gasteiger partial charge >= 0.3 is 0 Å². The molecule has 0 heterocycles. The van der Waals surface area contributed by atoms with Crippen molar-refractivity contribution in [3.05, 3.63) is 23.8 Å². The summed E-state index contributed by atoms with van der Waals surface area (Å²) < 4.78 is 0. The summed E-state index contributed by atoms with van der Waals surface area (Å²) >= 11 is 0. The van der Waals surface area contributed by atoms with E-state index in [0.717, 1.165) is 6.42 Å². The molecule has 0 radical (unpaired) electrons. The van der Waals surface area contributed by atoms with Crippen molar-refractivity contribution < 1.29 is 0 Å². The van der Waals surface area contributed by atoms with Gasteiger partial charge in [0.2, 0.25) is 0 Å². The molecular formula is C10H19B. The molecule has 0 aromatic rings. The van der Waals surface area contributed by atoms with Crippen LogP contribution in [-0.2, 0) is 0 Å². The predicted octanol–water partition coefficient (Wildman–Crippen LogP) is 2.59. The first kappa shape index (κ1) is 10.5. The van der Waals surface area contributed by atoms with Gasteiger partial charge in [-0.3, -0.25) is 0 Å². The molecule has 0 aliphatic rings. The fourth-order valence-electron chi connectivity index (χ4n) is 0.723. The second-order valence-electron chi connectivity index (χ2n) is 3.39. The van der Waals surface area contributed by atoms with Crippen LogP contribution in [0.15, 0.2) is 23.8 Å². The van der Waals surface area contributed by atoms with Crippen LogP contribution >= 0.6 is 0 Å². The number of hydrogen-bond donors (Lipinski definition) is 0. The Morgan fingerprint density at radius 2 is 2.09 bits per heavy atom. The van der Waals surface area contributed by atoms with E-state index in [0.29, 0.717) is 5.92 Å². The number of rotatable bonds is 4. The lowest BCUT2D eigenvalue weighted by atomic mass is 9.94. The molecule has 0 aromatic heterocycles. The van der Waals surface area contributed by atoms with E-state index in [4.69, 9.17) is 0 Å². The molecule has 0 fully saturated rings. The maximum absolute atomic E-state index is 3.93. The molecule has 0 aliphatic heterocycles. The van der Waals surface area contributed by atoms with E-state index in [-0.39, 0.29) is 0 Å². The molecule has 0 saturated heterocycles. The van der Waals surface area contributed by atoms with Gasteiger partial charge in [-0.1, -0.05) is 37.0 Å². The molecule has 0 aliphatic carbocycles. The molecule has 0 nitrogen and oxygen atoms in total. The molecule has 0 rings (SSSR count). The summed E-state index contributed by atoms with van der Waals surface area (Å²) in [7, 11) is 2.19. The third-order valence-corrected chi connectivity index (χ3v) is 2.22. The third kappa shape index (κ3) is 4.89. The lowest BCUT2D eigenvalue weighted by Gasteiger charge is -2.07. The van der Waals surface area contributed by atoms with E-state index in [1.54, 1.807) is 0 Å². The highest BCUT2D eigenvalue weighted by Gasteiger charge is 1.98. The fraction of sp³-hybridized carbons (Fsp3) is 0.600. The van der Waals surface area contributed by atoms with Crippen LogP contribution in [0.2, 0.25) is 6.32 Å². The Balaban J connectivity index is 3.78. The van der Waals surface area contributed by atoms with Crippen molar-refractivity contribution >= 4 is 7.85 Å². The number of allylic oxidation sites excluding steroid dienone is 3. The second-order valence-corrected chi connectivity index (χ2v) is 3.39. The summed E-state index contributed by atoms with van der Waals surface area (Å²) in [6, 6.07) is 0. The normalized spacial score (nSPS) is 14.6. The molecular weight excluding hydrogens is 131 g/mol. The minimum absolute atomic E-state index is 0.636. The average Bonchev–Trinajstić information content (AvgIpc) is 1.99. The van der Waals surface area contributed by atoms with Crippen molar-refractivity contribution in [2.24, 2.45) is 5.92 Å². The first-order valence-corrected chi connectivity index (χ1v) is 4.39. The Labute approximate surface area is 71.8 Å². The highest BCUT2D eigenvalue weighted by Crippen LogP contribution is 2.13. The van der Waals surface area contributed by atoms with Gasteiger partial charge in [0.25, 0.3) is 0 Å². The van der Waals surface area contributed by atoms with Crippen LogP contribution in [0.1, 0.15) is 27.2 Å². The Bertz CT molecular complexity index is 156. The van der Waals surface area contributed by atoms with E-state index in [2.05, 4.69) is 41.3 Å². The maximum atomic E-state index is 3.93. The van der Waals surface area contributed by atoms with Crippen LogP contribution in [0.5, 0.6) is 0 Å². The maximum Gasteiger partial charge on any atom is 0.106 e. The van der Waals surface area contributed by atoms with Gasteiger partial charge in [0, 0.05) is 0 Å². The predicted molar refractivity (Wildman–Crippen MR) is 55.7 cm³/mol. The van der Waals surface area contributed by atoms with Crippen LogP contribution in [-0.4, -0.2) is 7.85 Å². The Hall–Kier alpha value is -0.455. The van der Waals surface area contributed by atoms with Gasteiger partial charge < -0.3 is 0 Å². The minimum Gasteiger partial charge on any atom is -0.0999 e. The lowest BCUT2D eigenvalue weighted by molar-refractivity contribution is 0.695. The molecule has 1 unspecified atom stereocenters. The second kappa shape index (κ2) is 5.23. The zero-order valence-electron chi connectivity index (χ0n) is 8.28. The summed E-state index contributed by atoms with van der Waals surface area (Å²) in [4.78, 5) is 0. The zero-order valence-corrected chi connectivity index (χ0v) is 8.28. The van der Waals surface area contributed by atoms with Gasteiger partial charge in [-0.25, -0.2) is 0 Å². The third-order valence-electron chi connectivity index (χ3n) is 2.22. The van der Waals surface area contributed by atoms with Crippen LogP contribution < -0.4 is 0 Å². The van der Waals surface area contributed by atoms with Crippen molar-refractivity contribution in [1.29, 1.82) is 0 Å². The van der Waals surface area contributed by atoms with Crippen molar-refractivity contribution in [1.82, 2.24) is 0 Å². The van der Waals surface area contributed by atoms with Crippen molar-refractivity contribution in [3.63, 3.8) is 0 Å². The molecule has 0 saturated carbocycles. The summed E-state index contributed by atoms with van der Waals surface area (Å²) in [6.45, 7) is 10.4. The SMILES string of the molecule is BC/C(C)=C/CC(C)C(=C)C. The molecule has 0 aromatic carbocycles.